The van der Waals surface area contributed by atoms with Crippen LogP contribution in [-0.4, -0.2) is 45.0 Å². The predicted octanol–water partition coefficient (Wildman–Crippen LogP) is -1.31. The molecule has 0 fully saturated rings. The van der Waals surface area contributed by atoms with Gasteiger partial charge in [0.25, 0.3) is 5.79 Å². The molecule has 0 heterocycles. The van der Waals surface area contributed by atoms with Crippen LogP contribution in [0.15, 0.2) is 16.6 Å². The van der Waals surface area contributed by atoms with Gasteiger partial charge >= 0.3 is 5.91 Å². The van der Waals surface area contributed by atoms with Crippen molar-refractivity contribution in [3.8, 4) is 11.5 Å². The minimum atomic E-state index is -3.39. The summed E-state index contributed by atoms with van der Waals surface area (Å²) in [6.45, 7) is 0. The second kappa shape index (κ2) is 5.31. The molecule has 0 aromatic heterocycles. The van der Waals surface area contributed by atoms with Crippen LogP contribution in [0.25, 0.3) is 0 Å². The Balaban J connectivity index is 3.42. The molecule has 8 nitrogen and oxygen atoms in total. The first-order valence-electron chi connectivity index (χ1n) is 4.85. The lowest BCUT2D eigenvalue weighted by Crippen LogP contribution is -2.61. The van der Waals surface area contributed by atoms with E-state index in [0.717, 1.165) is 6.07 Å². The van der Waals surface area contributed by atoms with Crippen molar-refractivity contribution in [1.29, 1.82) is 0 Å². The lowest BCUT2D eigenvalue weighted by Gasteiger charge is -2.34. The molecule has 0 radical (unpaired) electrons. The molecular weight excluding hydrogens is 326 g/mol. The molecule has 1 aromatic carbocycles. The maximum absolute atomic E-state index is 10.2. The number of aromatic hydroxyl groups is 1. The number of carbonyl (C=O) groups excluding carboxylic acids is 1. The van der Waals surface area contributed by atoms with E-state index in [0.29, 0.717) is 0 Å². The van der Waals surface area contributed by atoms with Crippen LogP contribution < -0.4 is 10.1 Å². The van der Waals surface area contributed by atoms with Gasteiger partial charge in [-0.1, -0.05) is 0 Å². The molecule has 0 spiro atoms. The molecule has 19 heavy (non-hydrogen) atoms. The number of ether oxygens (including phenoxy) is 1. The molecule has 6 N–H and O–H groups in total. The minimum absolute atomic E-state index is 0.133. The molecule has 0 saturated carbocycles. The predicted molar refractivity (Wildman–Crippen MR) is 64.8 cm³/mol. The Morgan fingerprint density at radius 3 is 2.37 bits per heavy atom. The molecule has 0 aliphatic carbocycles. The fourth-order valence-corrected chi connectivity index (χ4v) is 1.68. The van der Waals surface area contributed by atoms with Crippen LogP contribution in [0.5, 0.6) is 11.5 Å². The summed E-state index contributed by atoms with van der Waals surface area (Å²) in [5.41, 5.74) is -0.560. The van der Waals surface area contributed by atoms with Crippen molar-refractivity contribution in [1.82, 2.24) is 5.32 Å². The largest absolute Gasteiger partial charge is 0.507 e. The number of hydrogen-bond acceptors (Lipinski definition) is 7. The normalized spacial score (nSPS) is 12.1. The Labute approximate surface area is 116 Å². The summed E-state index contributed by atoms with van der Waals surface area (Å²) in [6.07, 6.45) is -0.133. The van der Waals surface area contributed by atoms with Gasteiger partial charge in [0.2, 0.25) is 6.41 Å². The fraction of sp³-hybridized carbons (Fsp3) is 0.300. The smallest absolute Gasteiger partial charge is 0.308 e. The number of rotatable bonds is 5. The third kappa shape index (κ3) is 2.80. The zero-order valence-corrected chi connectivity index (χ0v) is 11.2. The zero-order valence-electron chi connectivity index (χ0n) is 9.66. The van der Waals surface area contributed by atoms with Gasteiger partial charge in [0, 0.05) is 0 Å². The highest BCUT2D eigenvalue weighted by Crippen LogP contribution is 2.39. The van der Waals surface area contributed by atoms with Gasteiger partial charge in [-0.2, -0.15) is 0 Å². The first kappa shape index (κ1) is 15.7. The second-order valence-electron chi connectivity index (χ2n) is 3.61. The summed E-state index contributed by atoms with van der Waals surface area (Å²) in [5, 5.41) is 49.4. The fourth-order valence-electron chi connectivity index (χ4n) is 1.36. The van der Waals surface area contributed by atoms with Crippen LogP contribution in [-0.2, 0) is 10.6 Å². The number of amides is 1. The number of nitrogens with one attached hydrogen (secondary N) is 1. The molecule has 1 aromatic rings. The quantitative estimate of drug-likeness (QED) is 0.289. The summed E-state index contributed by atoms with van der Waals surface area (Å²) in [5.74, 6) is -7.26. The molecule has 9 heteroatoms. The highest BCUT2D eigenvalue weighted by Gasteiger charge is 2.51. The maximum atomic E-state index is 10.2. The molecule has 1 rings (SSSR count). The van der Waals surface area contributed by atoms with Gasteiger partial charge in [-0.3, -0.25) is 4.79 Å². The molecule has 0 bridgehead atoms. The van der Waals surface area contributed by atoms with E-state index in [1.807, 2.05) is 0 Å². The first-order valence-corrected chi connectivity index (χ1v) is 5.64. The summed E-state index contributed by atoms with van der Waals surface area (Å²) in [6, 6.07) is 2.03. The molecule has 1 amide bonds. The van der Waals surface area contributed by atoms with Crippen molar-refractivity contribution in [2.24, 2.45) is 0 Å². The van der Waals surface area contributed by atoms with Crippen molar-refractivity contribution in [2.45, 2.75) is 11.7 Å². The van der Waals surface area contributed by atoms with Gasteiger partial charge in [-0.25, -0.2) is 0 Å². The Morgan fingerprint density at radius 2 is 1.89 bits per heavy atom. The Morgan fingerprint density at radius 1 is 1.32 bits per heavy atom. The van der Waals surface area contributed by atoms with Crippen LogP contribution in [0.3, 0.4) is 0 Å². The lowest BCUT2D eigenvalue weighted by molar-refractivity contribution is -0.374. The van der Waals surface area contributed by atoms with Gasteiger partial charge in [0.1, 0.15) is 11.5 Å². The van der Waals surface area contributed by atoms with E-state index in [1.54, 1.807) is 0 Å². The van der Waals surface area contributed by atoms with E-state index >= 15 is 0 Å². The SMILES string of the molecule is COc1cc(Br)c(O)cc1C(O)(O)C(O)(O)NC=O. The number of aliphatic hydroxyl groups is 4. The van der Waals surface area contributed by atoms with Gasteiger partial charge < -0.3 is 35.6 Å². The van der Waals surface area contributed by atoms with E-state index in [2.05, 4.69) is 15.9 Å². The number of methoxy groups -OCH3 is 1. The minimum Gasteiger partial charge on any atom is -0.507 e. The number of hydrogen-bond donors (Lipinski definition) is 6. The highest BCUT2D eigenvalue weighted by molar-refractivity contribution is 9.10. The van der Waals surface area contributed by atoms with Crippen molar-refractivity contribution in [2.75, 3.05) is 7.11 Å². The van der Waals surface area contributed by atoms with E-state index in [4.69, 9.17) is 4.74 Å². The molecule has 0 aliphatic heterocycles. The van der Waals surface area contributed by atoms with E-state index in [-0.39, 0.29) is 16.6 Å². The molecule has 0 unspecified atom stereocenters. The number of benzene rings is 1. The van der Waals surface area contributed by atoms with Gasteiger partial charge in [0.15, 0.2) is 0 Å². The average Bonchev–Trinajstić information content (AvgIpc) is 2.31. The number of carbonyl (C=O) groups is 1. The zero-order chi connectivity index (χ0) is 14.8. The molecule has 0 atom stereocenters. The van der Waals surface area contributed by atoms with Crippen LogP contribution in [0.4, 0.5) is 0 Å². The highest BCUT2D eigenvalue weighted by atomic mass is 79.9. The summed E-state index contributed by atoms with van der Waals surface area (Å²) in [4.78, 5) is 10.2. The average molecular weight is 338 g/mol. The van der Waals surface area contributed by atoms with Gasteiger partial charge in [-0.05, 0) is 28.1 Å². The Kier molecular flexibility index (Phi) is 4.38. The van der Waals surface area contributed by atoms with Crippen LogP contribution in [0, 0.1) is 0 Å². The standard InChI is InChI=1S/C10H12BrNO7/c1-19-8-3-6(11)7(14)2-5(8)9(15,16)10(17,18)12-4-13/h2-4,14-18H,1H3,(H,12,13). The van der Waals surface area contributed by atoms with Crippen molar-refractivity contribution in [3.63, 3.8) is 0 Å². The third-order valence-electron chi connectivity index (χ3n) is 2.39. The molecular formula is C10H12BrNO7. The summed E-state index contributed by atoms with van der Waals surface area (Å²) < 4.78 is 5.03. The third-order valence-corrected chi connectivity index (χ3v) is 3.03. The second-order valence-corrected chi connectivity index (χ2v) is 4.46. The summed E-state index contributed by atoms with van der Waals surface area (Å²) >= 11 is 2.98. The maximum Gasteiger partial charge on any atom is 0.308 e. The van der Waals surface area contributed by atoms with E-state index in [1.165, 1.54) is 18.5 Å². The molecule has 0 aliphatic rings. The molecule has 106 valence electrons. The number of halogens is 1. The van der Waals surface area contributed by atoms with Crippen LogP contribution >= 0.6 is 15.9 Å². The van der Waals surface area contributed by atoms with Crippen molar-refractivity contribution >= 4 is 22.3 Å². The monoisotopic (exact) mass is 337 g/mol. The van der Waals surface area contributed by atoms with Gasteiger partial charge in [-0.15, -0.1) is 0 Å². The van der Waals surface area contributed by atoms with Crippen LogP contribution in [0.1, 0.15) is 5.56 Å². The van der Waals surface area contributed by atoms with Crippen molar-refractivity contribution < 1.29 is 35.1 Å². The number of phenolic OH excluding ortho intramolecular Hbond substituents is 1. The lowest BCUT2D eigenvalue weighted by atomic mass is 10.0. The Bertz CT molecular complexity index is 489. The molecule has 0 saturated heterocycles. The number of phenols is 1. The van der Waals surface area contributed by atoms with Crippen LogP contribution in [0.2, 0.25) is 0 Å². The van der Waals surface area contributed by atoms with E-state index in [9.17, 15) is 30.3 Å². The first-order chi connectivity index (χ1) is 8.67. The van der Waals surface area contributed by atoms with E-state index < -0.39 is 23.0 Å². The van der Waals surface area contributed by atoms with Crippen molar-refractivity contribution in [3.05, 3.63) is 22.2 Å². The topological polar surface area (TPSA) is 139 Å². The van der Waals surface area contributed by atoms with Gasteiger partial charge in [0.05, 0.1) is 17.1 Å². The summed E-state index contributed by atoms with van der Waals surface area (Å²) in [7, 11) is 1.20. The Hall–Kier alpha value is -1.39.